The molecule has 1 saturated heterocycles. The Morgan fingerprint density at radius 1 is 1.36 bits per heavy atom. The minimum absolute atomic E-state index is 0.0689. The highest BCUT2D eigenvalue weighted by atomic mass is 19.1. The number of rotatable bonds is 7. The summed E-state index contributed by atoms with van der Waals surface area (Å²) >= 11 is 0. The molecular formula is C20H31FN2O2. The van der Waals surface area contributed by atoms with Gasteiger partial charge in [0.1, 0.15) is 0 Å². The minimum Gasteiger partial charge on any atom is -0.494 e. The van der Waals surface area contributed by atoms with Gasteiger partial charge in [-0.25, -0.2) is 4.39 Å². The lowest BCUT2D eigenvalue weighted by Crippen LogP contribution is -2.49. The number of benzene rings is 1. The van der Waals surface area contributed by atoms with E-state index in [2.05, 4.69) is 31.0 Å². The van der Waals surface area contributed by atoms with Crippen molar-refractivity contribution in [1.82, 2.24) is 10.2 Å². The van der Waals surface area contributed by atoms with E-state index in [4.69, 9.17) is 4.74 Å². The molecule has 0 saturated carbocycles. The van der Waals surface area contributed by atoms with Crippen molar-refractivity contribution in [2.75, 3.05) is 26.7 Å². The molecular weight excluding hydrogens is 319 g/mol. The van der Waals surface area contributed by atoms with E-state index in [1.807, 2.05) is 0 Å². The Kier molecular flexibility index (Phi) is 7.24. The van der Waals surface area contributed by atoms with Crippen molar-refractivity contribution < 1.29 is 13.9 Å². The van der Waals surface area contributed by atoms with Crippen LogP contribution in [0.2, 0.25) is 0 Å². The quantitative estimate of drug-likeness (QED) is 0.821. The Labute approximate surface area is 150 Å². The van der Waals surface area contributed by atoms with Gasteiger partial charge in [0.25, 0.3) is 0 Å². The van der Waals surface area contributed by atoms with Gasteiger partial charge < -0.3 is 10.1 Å². The number of hydrogen-bond acceptors (Lipinski definition) is 3. The molecule has 1 heterocycles. The topological polar surface area (TPSA) is 41.6 Å². The fourth-order valence-electron chi connectivity index (χ4n) is 3.43. The first-order valence-corrected chi connectivity index (χ1v) is 9.23. The Morgan fingerprint density at radius 3 is 2.60 bits per heavy atom. The highest BCUT2D eigenvalue weighted by Crippen LogP contribution is 2.21. The Hall–Kier alpha value is -1.62. The number of ether oxygens (including phenoxy) is 1. The number of carbonyl (C=O) groups excluding carboxylic acids is 1. The van der Waals surface area contributed by atoms with Gasteiger partial charge >= 0.3 is 0 Å². The molecule has 140 valence electrons. The zero-order valence-electron chi connectivity index (χ0n) is 15.8. The summed E-state index contributed by atoms with van der Waals surface area (Å²) < 4.78 is 18.6. The van der Waals surface area contributed by atoms with E-state index in [1.165, 1.54) is 26.0 Å². The van der Waals surface area contributed by atoms with E-state index in [1.54, 1.807) is 12.1 Å². The lowest BCUT2D eigenvalue weighted by molar-refractivity contribution is -0.120. The third-order valence-electron chi connectivity index (χ3n) is 5.15. The molecule has 4 nitrogen and oxygen atoms in total. The van der Waals surface area contributed by atoms with Crippen LogP contribution >= 0.6 is 0 Å². The second kappa shape index (κ2) is 9.18. The maximum absolute atomic E-state index is 13.7. The van der Waals surface area contributed by atoms with Crippen molar-refractivity contribution in [2.45, 2.75) is 46.1 Å². The third-order valence-corrected chi connectivity index (χ3v) is 5.15. The number of piperidine rings is 1. The summed E-state index contributed by atoms with van der Waals surface area (Å²) in [5.74, 6) is 0.968. The molecule has 1 aliphatic rings. The van der Waals surface area contributed by atoms with Crippen molar-refractivity contribution in [1.29, 1.82) is 0 Å². The second-order valence-corrected chi connectivity index (χ2v) is 7.48. The summed E-state index contributed by atoms with van der Waals surface area (Å²) in [6.45, 7) is 9.55. The van der Waals surface area contributed by atoms with Crippen molar-refractivity contribution in [2.24, 2.45) is 11.8 Å². The van der Waals surface area contributed by atoms with Crippen molar-refractivity contribution >= 4 is 5.91 Å². The van der Waals surface area contributed by atoms with Crippen LogP contribution in [0.1, 0.15) is 39.2 Å². The first-order chi connectivity index (χ1) is 11.9. The van der Waals surface area contributed by atoms with Gasteiger partial charge in [-0.1, -0.05) is 26.8 Å². The van der Waals surface area contributed by atoms with Gasteiger partial charge in [-0.3, -0.25) is 9.69 Å². The van der Waals surface area contributed by atoms with Crippen LogP contribution < -0.4 is 10.1 Å². The van der Waals surface area contributed by atoms with Crippen LogP contribution in [-0.2, 0) is 11.2 Å². The average molecular weight is 350 g/mol. The normalized spacial score (nSPS) is 17.5. The largest absolute Gasteiger partial charge is 0.494 e. The number of hydrogen-bond donors (Lipinski definition) is 1. The minimum atomic E-state index is -0.435. The van der Waals surface area contributed by atoms with Crippen LogP contribution in [0, 0.1) is 17.7 Å². The van der Waals surface area contributed by atoms with E-state index in [0.717, 1.165) is 19.0 Å². The highest BCUT2D eigenvalue weighted by Gasteiger charge is 2.25. The average Bonchev–Trinajstić information content (AvgIpc) is 2.56. The number of methoxy groups -OCH3 is 1. The maximum atomic E-state index is 13.7. The summed E-state index contributed by atoms with van der Waals surface area (Å²) in [7, 11) is 1.43. The van der Waals surface area contributed by atoms with Gasteiger partial charge in [0.05, 0.1) is 13.5 Å². The molecule has 1 fully saturated rings. The van der Waals surface area contributed by atoms with E-state index in [-0.39, 0.29) is 18.1 Å². The zero-order chi connectivity index (χ0) is 18.4. The van der Waals surface area contributed by atoms with Gasteiger partial charge in [-0.2, -0.15) is 0 Å². The predicted octanol–water partition coefficient (Wildman–Crippen LogP) is 3.25. The third kappa shape index (κ3) is 5.70. The Bertz CT molecular complexity index is 569. The molecule has 1 N–H and O–H groups in total. The monoisotopic (exact) mass is 350 g/mol. The van der Waals surface area contributed by atoms with Crippen LogP contribution in [0.5, 0.6) is 5.75 Å². The SMILES string of the molecule is COc1ccc(CC(=O)NC[C@@H](C(C)C)N2CCC(C)CC2)cc1F. The van der Waals surface area contributed by atoms with Gasteiger partial charge in [0.2, 0.25) is 5.91 Å². The second-order valence-electron chi connectivity index (χ2n) is 7.48. The number of nitrogens with one attached hydrogen (secondary N) is 1. The van der Waals surface area contributed by atoms with Crippen molar-refractivity contribution in [3.05, 3.63) is 29.6 Å². The van der Waals surface area contributed by atoms with Crippen LogP contribution in [0.15, 0.2) is 18.2 Å². The molecule has 1 aromatic carbocycles. The summed E-state index contributed by atoms with van der Waals surface area (Å²) in [5.41, 5.74) is 0.656. The molecule has 1 amide bonds. The van der Waals surface area contributed by atoms with Crippen LogP contribution in [0.4, 0.5) is 4.39 Å². The fraction of sp³-hybridized carbons (Fsp3) is 0.650. The first kappa shape index (κ1) is 19.7. The smallest absolute Gasteiger partial charge is 0.224 e. The lowest BCUT2D eigenvalue weighted by Gasteiger charge is -2.38. The molecule has 1 aromatic rings. The van der Waals surface area contributed by atoms with Crippen LogP contribution in [-0.4, -0.2) is 43.6 Å². The van der Waals surface area contributed by atoms with E-state index >= 15 is 0 Å². The van der Waals surface area contributed by atoms with Gasteiger partial charge in [0, 0.05) is 12.6 Å². The standard InChI is InChI=1S/C20H31FN2O2/c1-14(2)18(23-9-7-15(3)8-10-23)13-22-20(24)12-16-5-6-19(25-4)17(21)11-16/h5-6,11,14-15,18H,7-10,12-13H2,1-4H3,(H,22,24)/t18-/m0/s1. The lowest BCUT2D eigenvalue weighted by atomic mass is 9.94. The summed E-state index contributed by atoms with van der Waals surface area (Å²) in [4.78, 5) is 14.8. The van der Waals surface area contributed by atoms with Crippen molar-refractivity contribution in [3.8, 4) is 5.75 Å². The molecule has 0 spiro atoms. The summed E-state index contributed by atoms with van der Waals surface area (Å²) in [6, 6.07) is 5.01. The molecule has 0 aromatic heterocycles. The van der Waals surface area contributed by atoms with Gasteiger partial charge in [0.15, 0.2) is 11.6 Å². The molecule has 0 unspecified atom stereocenters. The fourth-order valence-corrected chi connectivity index (χ4v) is 3.43. The highest BCUT2D eigenvalue weighted by molar-refractivity contribution is 5.78. The number of amides is 1. The summed E-state index contributed by atoms with van der Waals surface area (Å²) in [5, 5.41) is 3.03. The first-order valence-electron chi connectivity index (χ1n) is 9.23. The number of nitrogens with zero attached hydrogens (tertiary/aromatic N) is 1. The molecule has 2 rings (SSSR count). The summed E-state index contributed by atoms with van der Waals surface area (Å²) in [6.07, 6.45) is 2.63. The Balaban J connectivity index is 1.87. The van der Waals surface area contributed by atoms with Crippen LogP contribution in [0.25, 0.3) is 0 Å². The number of halogens is 1. The van der Waals surface area contributed by atoms with Crippen molar-refractivity contribution in [3.63, 3.8) is 0 Å². The molecule has 0 bridgehead atoms. The number of carbonyl (C=O) groups is 1. The molecule has 1 aliphatic heterocycles. The van der Waals surface area contributed by atoms with E-state index in [9.17, 15) is 9.18 Å². The molecule has 5 heteroatoms. The molecule has 1 atom stereocenters. The Morgan fingerprint density at radius 2 is 2.04 bits per heavy atom. The zero-order valence-corrected chi connectivity index (χ0v) is 15.8. The number of likely N-dealkylation sites (tertiary alicyclic amines) is 1. The van der Waals surface area contributed by atoms with Gasteiger partial charge in [-0.05, 0) is 55.5 Å². The van der Waals surface area contributed by atoms with Gasteiger partial charge in [-0.15, -0.1) is 0 Å². The molecule has 25 heavy (non-hydrogen) atoms. The van der Waals surface area contributed by atoms with E-state index < -0.39 is 5.82 Å². The maximum Gasteiger partial charge on any atom is 0.224 e. The van der Waals surface area contributed by atoms with Crippen LogP contribution in [0.3, 0.4) is 0 Å². The predicted molar refractivity (Wildman–Crippen MR) is 98.3 cm³/mol. The van der Waals surface area contributed by atoms with E-state index in [0.29, 0.717) is 24.1 Å². The molecule has 0 aliphatic carbocycles. The molecule has 0 radical (unpaired) electrons.